The van der Waals surface area contributed by atoms with Crippen molar-refractivity contribution in [1.29, 1.82) is 0 Å². The second-order valence-electron chi connectivity index (χ2n) is 4.16. The molecule has 1 aliphatic rings. The summed E-state index contributed by atoms with van der Waals surface area (Å²) >= 11 is 0. The first-order valence-electron chi connectivity index (χ1n) is 5.59. The fraction of sp³-hybridized carbons (Fsp3) is 0.143. The quantitative estimate of drug-likeness (QED) is 0.736. The summed E-state index contributed by atoms with van der Waals surface area (Å²) in [5.41, 5.74) is 9.30. The molecule has 2 aromatic carbocycles. The van der Waals surface area contributed by atoms with Crippen LogP contribution < -0.4 is 10.5 Å². The summed E-state index contributed by atoms with van der Waals surface area (Å²) in [5.74, 6) is 1.15. The lowest BCUT2D eigenvalue weighted by Gasteiger charge is -2.09. The molecule has 0 saturated heterocycles. The third-order valence-corrected chi connectivity index (χ3v) is 3.05. The lowest BCUT2D eigenvalue weighted by atomic mass is 9.99. The van der Waals surface area contributed by atoms with Gasteiger partial charge in [-0.3, -0.25) is 0 Å². The molecule has 0 aliphatic carbocycles. The molecule has 86 valence electrons. The topological polar surface area (TPSA) is 55.5 Å². The monoisotopic (exact) mass is 227 g/mol. The van der Waals surface area contributed by atoms with Crippen LogP contribution in [0.2, 0.25) is 0 Å². The minimum absolute atomic E-state index is 0.212. The van der Waals surface area contributed by atoms with E-state index in [1.165, 1.54) is 5.56 Å². The third-order valence-electron chi connectivity index (χ3n) is 3.05. The van der Waals surface area contributed by atoms with Gasteiger partial charge in [0.15, 0.2) is 0 Å². The Kier molecular flexibility index (Phi) is 2.18. The Morgan fingerprint density at radius 3 is 2.88 bits per heavy atom. The molecule has 3 heteroatoms. The fourth-order valence-electron chi connectivity index (χ4n) is 2.21. The number of fused-ring (bicyclic) bond motifs is 1. The van der Waals surface area contributed by atoms with Gasteiger partial charge in [-0.1, -0.05) is 12.1 Å². The molecule has 3 rings (SSSR count). The van der Waals surface area contributed by atoms with Gasteiger partial charge < -0.3 is 15.6 Å². The van der Waals surface area contributed by atoms with Crippen molar-refractivity contribution in [2.45, 2.75) is 6.42 Å². The second kappa shape index (κ2) is 3.70. The van der Waals surface area contributed by atoms with Gasteiger partial charge in [0, 0.05) is 17.7 Å². The highest BCUT2D eigenvalue weighted by atomic mass is 16.5. The predicted molar refractivity (Wildman–Crippen MR) is 67.2 cm³/mol. The van der Waals surface area contributed by atoms with Gasteiger partial charge in [-0.2, -0.15) is 0 Å². The summed E-state index contributed by atoms with van der Waals surface area (Å²) in [4.78, 5) is 0. The van der Waals surface area contributed by atoms with Crippen LogP contribution >= 0.6 is 0 Å². The number of rotatable bonds is 1. The number of phenols is 1. The predicted octanol–water partition coefficient (Wildman–Crippen LogP) is 2.58. The minimum atomic E-state index is 0.212. The van der Waals surface area contributed by atoms with Gasteiger partial charge >= 0.3 is 0 Å². The van der Waals surface area contributed by atoms with Crippen LogP contribution in [-0.2, 0) is 6.42 Å². The third kappa shape index (κ3) is 1.60. The molecule has 17 heavy (non-hydrogen) atoms. The van der Waals surface area contributed by atoms with Crippen molar-refractivity contribution < 1.29 is 9.84 Å². The molecular weight excluding hydrogens is 214 g/mol. The van der Waals surface area contributed by atoms with Crippen molar-refractivity contribution in [2.75, 3.05) is 12.3 Å². The fourth-order valence-corrected chi connectivity index (χ4v) is 2.21. The molecule has 0 unspecified atom stereocenters. The molecule has 0 aromatic heterocycles. The Balaban J connectivity index is 2.16. The lowest BCUT2D eigenvalue weighted by Crippen LogP contribution is -1.90. The van der Waals surface area contributed by atoms with Gasteiger partial charge in [0.05, 0.1) is 6.61 Å². The van der Waals surface area contributed by atoms with Crippen LogP contribution in [-0.4, -0.2) is 11.7 Å². The lowest BCUT2D eigenvalue weighted by molar-refractivity contribution is 0.357. The first-order chi connectivity index (χ1) is 8.25. The van der Waals surface area contributed by atoms with Gasteiger partial charge in [0.2, 0.25) is 0 Å². The van der Waals surface area contributed by atoms with E-state index in [9.17, 15) is 5.11 Å². The molecule has 0 spiro atoms. The summed E-state index contributed by atoms with van der Waals surface area (Å²) in [7, 11) is 0. The normalized spacial score (nSPS) is 13.2. The first-order valence-corrected chi connectivity index (χ1v) is 5.59. The zero-order valence-corrected chi connectivity index (χ0v) is 9.31. The van der Waals surface area contributed by atoms with Crippen LogP contribution in [0.25, 0.3) is 11.1 Å². The maximum Gasteiger partial charge on any atom is 0.125 e. The van der Waals surface area contributed by atoms with Gasteiger partial charge in [-0.15, -0.1) is 0 Å². The van der Waals surface area contributed by atoms with Crippen molar-refractivity contribution in [1.82, 2.24) is 0 Å². The highest BCUT2D eigenvalue weighted by molar-refractivity contribution is 5.82. The highest BCUT2D eigenvalue weighted by Crippen LogP contribution is 2.37. The van der Waals surface area contributed by atoms with Crippen molar-refractivity contribution in [3.05, 3.63) is 42.0 Å². The van der Waals surface area contributed by atoms with Crippen LogP contribution in [0.1, 0.15) is 5.56 Å². The Morgan fingerprint density at radius 1 is 1.18 bits per heavy atom. The molecule has 3 nitrogen and oxygen atoms in total. The van der Waals surface area contributed by atoms with E-state index < -0.39 is 0 Å². The van der Waals surface area contributed by atoms with E-state index in [0.717, 1.165) is 24.3 Å². The smallest absolute Gasteiger partial charge is 0.125 e. The SMILES string of the molecule is Nc1cccc(O)c1-c1ccc2c(c1)CCO2. The number of nitrogen functional groups attached to an aromatic ring is 1. The van der Waals surface area contributed by atoms with Gasteiger partial charge in [0.25, 0.3) is 0 Å². The Hall–Kier alpha value is -2.16. The summed E-state index contributed by atoms with van der Waals surface area (Å²) in [5, 5.41) is 9.88. The zero-order chi connectivity index (χ0) is 11.8. The van der Waals surface area contributed by atoms with Gasteiger partial charge in [-0.05, 0) is 35.4 Å². The van der Waals surface area contributed by atoms with Gasteiger partial charge in [-0.25, -0.2) is 0 Å². The first kappa shape index (κ1) is 10.0. The summed E-state index contributed by atoms with van der Waals surface area (Å²) < 4.78 is 5.46. The molecule has 0 saturated carbocycles. The Morgan fingerprint density at radius 2 is 2.06 bits per heavy atom. The van der Waals surface area contributed by atoms with Crippen LogP contribution in [0.4, 0.5) is 5.69 Å². The Labute approximate surface area is 99.5 Å². The average Bonchev–Trinajstić information content (AvgIpc) is 2.76. The van der Waals surface area contributed by atoms with Crippen molar-refractivity contribution in [3.8, 4) is 22.6 Å². The molecular formula is C14H13NO2. The number of benzene rings is 2. The molecule has 1 heterocycles. The van der Waals surface area contributed by atoms with Crippen LogP contribution in [0, 0.1) is 0 Å². The van der Waals surface area contributed by atoms with E-state index in [2.05, 4.69) is 0 Å². The van der Waals surface area contributed by atoms with E-state index >= 15 is 0 Å². The van der Waals surface area contributed by atoms with E-state index in [4.69, 9.17) is 10.5 Å². The number of ether oxygens (including phenoxy) is 1. The van der Waals surface area contributed by atoms with Gasteiger partial charge in [0.1, 0.15) is 11.5 Å². The molecule has 0 radical (unpaired) electrons. The van der Waals surface area contributed by atoms with Crippen molar-refractivity contribution in [2.24, 2.45) is 0 Å². The zero-order valence-electron chi connectivity index (χ0n) is 9.31. The summed E-state index contributed by atoms with van der Waals surface area (Å²) in [6.07, 6.45) is 0.913. The maximum atomic E-state index is 9.88. The summed E-state index contributed by atoms with van der Waals surface area (Å²) in [6, 6.07) is 11.1. The van der Waals surface area contributed by atoms with E-state index in [1.54, 1.807) is 18.2 Å². The number of nitrogens with two attached hydrogens (primary N) is 1. The van der Waals surface area contributed by atoms with E-state index in [-0.39, 0.29) is 5.75 Å². The average molecular weight is 227 g/mol. The molecule has 0 atom stereocenters. The molecule has 0 bridgehead atoms. The van der Waals surface area contributed by atoms with Crippen LogP contribution in [0.5, 0.6) is 11.5 Å². The number of aromatic hydroxyl groups is 1. The maximum absolute atomic E-state index is 9.88. The van der Waals surface area contributed by atoms with Crippen LogP contribution in [0.3, 0.4) is 0 Å². The number of hydrogen-bond acceptors (Lipinski definition) is 3. The molecule has 0 fully saturated rings. The Bertz CT molecular complexity index is 558. The van der Waals surface area contributed by atoms with Crippen LogP contribution in [0.15, 0.2) is 36.4 Å². The number of hydrogen-bond donors (Lipinski definition) is 2. The van der Waals surface area contributed by atoms with Crippen molar-refractivity contribution in [3.63, 3.8) is 0 Å². The molecule has 1 aliphatic heterocycles. The number of phenolic OH excluding ortho intramolecular Hbond substituents is 1. The van der Waals surface area contributed by atoms with E-state index in [1.807, 2.05) is 18.2 Å². The second-order valence-corrected chi connectivity index (χ2v) is 4.16. The molecule has 0 amide bonds. The number of anilines is 1. The van der Waals surface area contributed by atoms with Crippen molar-refractivity contribution >= 4 is 5.69 Å². The standard InChI is InChI=1S/C14H13NO2/c15-11-2-1-3-12(16)14(11)10-4-5-13-9(8-10)6-7-17-13/h1-5,8,16H,6-7,15H2. The summed E-state index contributed by atoms with van der Waals surface area (Å²) in [6.45, 7) is 0.731. The molecule has 2 aromatic rings. The minimum Gasteiger partial charge on any atom is -0.507 e. The van der Waals surface area contributed by atoms with E-state index in [0.29, 0.717) is 11.3 Å². The largest absolute Gasteiger partial charge is 0.507 e. The molecule has 3 N–H and O–H groups in total. The highest BCUT2D eigenvalue weighted by Gasteiger charge is 2.15.